The second-order valence-electron chi connectivity index (χ2n) is 7.40. The van der Waals surface area contributed by atoms with Crippen molar-refractivity contribution in [1.29, 1.82) is 0 Å². The van der Waals surface area contributed by atoms with Crippen LogP contribution in [0.5, 0.6) is 5.75 Å². The fraction of sp³-hybridized carbons (Fsp3) is 0.227. The number of hydrogen-bond acceptors (Lipinski definition) is 5. The molecule has 0 saturated carbocycles. The van der Waals surface area contributed by atoms with Crippen LogP contribution in [0.3, 0.4) is 0 Å². The summed E-state index contributed by atoms with van der Waals surface area (Å²) in [6, 6.07) is 14.9. The molecule has 1 unspecified atom stereocenters. The minimum atomic E-state index is -0.558. The first kappa shape index (κ1) is 19.1. The maximum atomic E-state index is 12.8. The van der Waals surface area contributed by atoms with Crippen molar-refractivity contribution in [1.82, 2.24) is 4.98 Å². The fourth-order valence-electron chi connectivity index (χ4n) is 3.53. The van der Waals surface area contributed by atoms with E-state index >= 15 is 0 Å². The molecule has 6 nitrogen and oxygen atoms in total. The fourth-order valence-corrected chi connectivity index (χ4v) is 4.05. The first-order valence-corrected chi connectivity index (χ1v) is 10.2. The van der Waals surface area contributed by atoms with Gasteiger partial charge in [-0.25, -0.2) is 9.78 Å². The number of aromatic nitrogens is 1. The number of fused-ring (bicyclic) bond motifs is 1. The van der Waals surface area contributed by atoms with Crippen molar-refractivity contribution in [3.05, 3.63) is 71.2 Å². The quantitative estimate of drug-likeness (QED) is 0.690. The van der Waals surface area contributed by atoms with E-state index in [0.29, 0.717) is 23.7 Å². The Labute approximate surface area is 173 Å². The standard InChI is InChI=1S/C22H21N3O3S/c1-22(19(26)24-20-23-10-11-29-20)13-15-8-9-18(12-16(15)14-22)28-21(27)25(2)17-6-4-3-5-7-17/h3-12H,13-14H2,1-2H3,(H,23,24,26). The highest BCUT2D eigenvalue weighted by Crippen LogP contribution is 2.39. The first-order chi connectivity index (χ1) is 13.9. The van der Waals surface area contributed by atoms with E-state index in [9.17, 15) is 9.59 Å². The van der Waals surface area contributed by atoms with E-state index in [1.165, 1.54) is 16.2 Å². The predicted molar refractivity (Wildman–Crippen MR) is 114 cm³/mol. The summed E-state index contributed by atoms with van der Waals surface area (Å²) >= 11 is 1.40. The summed E-state index contributed by atoms with van der Waals surface area (Å²) in [6.07, 6.45) is 2.43. The molecule has 0 aliphatic heterocycles. The van der Waals surface area contributed by atoms with Gasteiger partial charge in [0.15, 0.2) is 5.13 Å². The summed E-state index contributed by atoms with van der Waals surface area (Å²) in [5, 5.41) is 5.33. The molecular formula is C22H21N3O3S. The molecule has 1 aliphatic carbocycles. The minimum absolute atomic E-state index is 0.0500. The van der Waals surface area contributed by atoms with E-state index < -0.39 is 11.5 Å². The first-order valence-electron chi connectivity index (χ1n) is 9.28. The number of ether oxygens (including phenoxy) is 1. The maximum absolute atomic E-state index is 12.8. The highest BCUT2D eigenvalue weighted by Gasteiger charge is 2.40. The maximum Gasteiger partial charge on any atom is 0.419 e. The zero-order valence-corrected chi connectivity index (χ0v) is 17.0. The molecule has 0 bridgehead atoms. The topological polar surface area (TPSA) is 71.5 Å². The molecule has 29 heavy (non-hydrogen) atoms. The number of nitrogens with zero attached hydrogens (tertiary/aromatic N) is 2. The average molecular weight is 407 g/mol. The number of carbonyl (C=O) groups excluding carboxylic acids is 2. The third-order valence-corrected chi connectivity index (χ3v) is 5.85. The third-order valence-electron chi connectivity index (χ3n) is 5.16. The molecule has 148 valence electrons. The molecular weight excluding hydrogens is 386 g/mol. The molecule has 3 aromatic rings. The summed E-state index contributed by atoms with van der Waals surface area (Å²) in [5.41, 5.74) is 2.31. The monoisotopic (exact) mass is 407 g/mol. The predicted octanol–water partition coefficient (Wildman–Crippen LogP) is 4.52. The highest BCUT2D eigenvalue weighted by atomic mass is 32.1. The van der Waals surface area contributed by atoms with Crippen molar-refractivity contribution >= 4 is 34.2 Å². The third kappa shape index (κ3) is 4.00. The van der Waals surface area contributed by atoms with Crippen LogP contribution in [0.25, 0.3) is 0 Å². The van der Waals surface area contributed by atoms with Gasteiger partial charge in [-0.15, -0.1) is 11.3 Å². The van der Waals surface area contributed by atoms with Crippen LogP contribution in [0.2, 0.25) is 0 Å². The molecule has 4 rings (SSSR count). The number of benzene rings is 2. The molecule has 0 spiro atoms. The van der Waals surface area contributed by atoms with Gasteiger partial charge in [0.05, 0.1) is 5.41 Å². The van der Waals surface area contributed by atoms with Crippen LogP contribution in [0.4, 0.5) is 15.6 Å². The zero-order valence-electron chi connectivity index (χ0n) is 16.2. The SMILES string of the molecule is CN(C(=O)Oc1ccc2c(c1)CC(C)(C(=O)Nc1nccs1)C2)c1ccccc1. The Morgan fingerprint density at radius 2 is 1.90 bits per heavy atom. The number of rotatable bonds is 4. The molecule has 1 heterocycles. The lowest BCUT2D eigenvalue weighted by molar-refractivity contribution is -0.124. The van der Waals surface area contributed by atoms with E-state index in [1.54, 1.807) is 19.3 Å². The molecule has 1 aliphatic rings. The largest absolute Gasteiger partial charge is 0.419 e. The molecule has 1 aromatic heterocycles. The van der Waals surface area contributed by atoms with Gasteiger partial charge in [0.2, 0.25) is 5.91 Å². The number of para-hydroxylation sites is 1. The van der Waals surface area contributed by atoms with Crippen LogP contribution in [-0.4, -0.2) is 24.0 Å². The normalized spacial score (nSPS) is 17.4. The number of anilines is 2. The van der Waals surface area contributed by atoms with Gasteiger partial charge >= 0.3 is 6.09 Å². The van der Waals surface area contributed by atoms with E-state index in [1.807, 2.05) is 54.8 Å². The van der Waals surface area contributed by atoms with Gasteiger partial charge < -0.3 is 10.1 Å². The number of thiazole rings is 1. The zero-order chi connectivity index (χ0) is 20.4. The van der Waals surface area contributed by atoms with Gasteiger partial charge in [0, 0.05) is 24.3 Å². The highest BCUT2D eigenvalue weighted by molar-refractivity contribution is 7.13. The Kier molecular flexibility index (Phi) is 5.07. The van der Waals surface area contributed by atoms with Crippen molar-refractivity contribution in [3.63, 3.8) is 0 Å². The van der Waals surface area contributed by atoms with Gasteiger partial charge in [-0.3, -0.25) is 9.69 Å². The van der Waals surface area contributed by atoms with E-state index in [2.05, 4.69) is 10.3 Å². The van der Waals surface area contributed by atoms with Gasteiger partial charge in [0.25, 0.3) is 0 Å². The van der Waals surface area contributed by atoms with Gasteiger partial charge in [-0.1, -0.05) is 31.2 Å². The molecule has 7 heteroatoms. The van der Waals surface area contributed by atoms with Crippen LogP contribution in [0, 0.1) is 5.41 Å². The summed E-state index contributed by atoms with van der Waals surface area (Å²) in [4.78, 5) is 30.8. The molecule has 1 N–H and O–H groups in total. The lowest BCUT2D eigenvalue weighted by Crippen LogP contribution is -2.34. The van der Waals surface area contributed by atoms with E-state index in [-0.39, 0.29) is 5.91 Å². The molecule has 2 amide bonds. The number of carbonyl (C=O) groups is 2. The van der Waals surface area contributed by atoms with Crippen molar-refractivity contribution in [2.24, 2.45) is 5.41 Å². The Bertz CT molecular complexity index is 1040. The Balaban J connectivity index is 1.45. The Morgan fingerprint density at radius 1 is 1.14 bits per heavy atom. The van der Waals surface area contributed by atoms with Gasteiger partial charge in [0.1, 0.15) is 5.75 Å². The second-order valence-corrected chi connectivity index (χ2v) is 8.29. The van der Waals surface area contributed by atoms with Crippen LogP contribution in [0.1, 0.15) is 18.1 Å². The molecule has 0 fully saturated rings. The molecule has 1 atom stereocenters. The summed E-state index contributed by atoms with van der Waals surface area (Å²) < 4.78 is 5.55. The van der Waals surface area contributed by atoms with Crippen molar-refractivity contribution in [2.75, 3.05) is 17.3 Å². The Morgan fingerprint density at radius 3 is 2.62 bits per heavy atom. The van der Waals surface area contributed by atoms with Crippen molar-refractivity contribution < 1.29 is 14.3 Å². The lowest BCUT2D eigenvalue weighted by atomic mass is 9.86. The number of hydrogen-bond donors (Lipinski definition) is 1. The summed E-state index contributed by atoms with van der Waals surface area (Å²) in [6.45, 7) is 1.95. The second kappa shape index (κ2) is 7.67. The smallest absolute Gasteiger partial charge is 0.410 e. The molecule has 0 saturated heterocycles. The van der Waals surface area contributed by atoms with Crippen LogP contribution in [0.15, 0.2) is 60.1 Å². The summed E-state index contributed by atoms with van der Waals surface area (Å²) in [7, 11) is 1.67. The lowest BCUT2D eigenvalue weighted by Gasteiger charge is -2.21. The molecule has 0 radical (unpaired) electrons. The van der Waals surface area contributed by atoms with Crippen molar-refractivity contribution in [2.45, 2.75) is 19.8 Å². The van der Waals surface area contributed by atoms with Crippen LogP contribution >= 0.6 is 11.3 Å². The van der Waals surface area contributed by atoms with E-state index in [4.69, 9.17) is 4.74 Å². The molecule has 2 aromatic carbocycles. The van der Waals surface area contributed by atoms with Crippen LogP contribution in [-0.2, 0) is 17.6 Å². The number of amides is 2. The summed E-state index contributed by atoms with van der Waals surface area (Å²) in [5.74, 6) is 0.423. The van der Waals surface area contributed by atoms with Crippen LogP contribution < -0.4 is 15.0 Å². The van der Waals surface area contributed by atoms with Crippen molar-refractivity contribution in [3.8, 4) is 5.75 Å². The average Bonchev–Trinajstić information content (AvgIpc) is 3.35. The number of nitrogens with one attached hydrogen (secondary N) is 1. The van der Waals surface area contributed by atoms with Gasteiger partial charge in [-0.05, 0) is 48.2 Å². The van der Waals surface area contributed by atoms with E-state index in [0.717, 1.165) is 16.8 Å². The Hall–Kier alpha value is -3.19. The minimum Gasteiger partial charge on any atom is -0.410 e. The van der Waals surface area contributed by atoms with Gasteiger partial charge in [-0.2, -0.15) is 0 Å².